The van der Waals surface area contributed by atoms with Crippen LogP contribution < -0.4 is 0 Å². The van der Waals surface area contributed by atoms with Gasteiger partial charge in [0.25, 0.3) is 0 Å². The van der Waals surface area contributed by atoms with Crippen LogP contribution in [0.1, 0.15) is 78.5 Å². The lowest BCUT2D eigenvalue weighted by Gasteiger charge is -2.37. The van der Waals surface area contributed by atoms with Crippen LogP contribution in [-0.4, -0.2) is 47.9 Å². The number of carbonyl (C=O) groups excluding carboxylic acids is 3. The first-order valence-corrected chi connectivity index (χ1v) is 17.2. The molecule has 2 bridgehead atoms. The molecule has 2 aliphatic carbocycles. The second-order valence-corrected chi connectivity index (χ2v) is 14.9. The monoisotopic (exact) mass is 648 g/mol. The number of benzene rings is 3. The average molecular weight is 649 g/mol. The number of rotatable bonds is 6. The Morgan fingerprint density at radius 1 is 0.729 bits per heavy atom. The molecule has 1 saturated heterocycles. The molecule has 1 spiro atoms. The fraction of sp³-hybridized carbons (Fsp3) is 0.439. The lowest BCUT2D eigenvalue weighted by Crippen LogP contribution is -2.49. The van der Waals surface area contributed by atoms with Gasteiger partial charge >= 0.3 is 17.9 Å². The summed E-state index contributed by atoms with van der Waals surface area (Å²) in [6, 6.07) is 27.1. The second-order valence-electron chi connectivity index (χ2n) is 14.9. The van der Waals surface area contributed by atoms with Gasteiger partial charge in [-0.25, -0.2) is 14.4 Å². The molecule has 0 N–H and O–H groups in total. The van der Waals surface area contributed by atoms with Gasteiger partial charge in [-0.1, -0.05) is 88.4 Å². The Bertz CT molecular complexity index is 1700. The third-order valence-corrected chi connectivity index (χ3v) is 11.6. The van der Waals surface area contributed by atoms with E-state index in [2.05, 4.69) is 33.8 Å². The average Bonchev–Trinajstić information content (AvgIpc) is 3.38. The SMILES string of the molecule is C/C1=C/[C@H]2[C@@H](OC(=O)c3ccccc3)[C@@H](C)C[C@@]23O[C@@H]([C@H](C)[C@@H]3OC(=O)c2ccccc2)[C@@H]2[C@@H](C[C@H]1OC(=O)c1ccccc1)C2(C)C. The van der Waals surface area contributed by atoms with E-state index >= 15 is 0 Å². The standard InChI is InChI=1S/C41H44O7/c1-24-21-31-34(46-38(43)28-17-11-7-12-18-28)25(2)23-41(31)36(47-39(44)29-19-13-8-14-20-29)26(3)35(48-41)33-30(40(33,4)5)22-32(24)45-37(42)27-15-9-6-10-16-27/h6-21,25-26,30-36H,22-23H2,1-5H3/b24-21-/t25-,26-,30+,31-,32+,33-,34-,35-,36-,41+/m0/s1. The van der Waals surface area contributed by atoms with Crippen LogP contribution in [-0.2, 0) is 18.9 Å². The molecule has 2 aliphatic heterocycles. The lowest BCUT2D eigenvalue weighted by atomic mass is 9.79. The van der Waals surface area contributed by atoms with Crippen molar-refractivity contribution in [2.75, 3.05) is 0 Å². The maximum atomic E-state index is 13.7. The van der Waals surface area contributed by atoms with Gasteiger partial charge in [0, 0.05) is 11.8 Å². The van der Waals surface area contributed by atoms with Crippen molar-refractivity contribution < 1.29 is 33.3 Å². The number of hydrogen-bond donors (Lipinski definition) is 0. The third kappa shape index (κ3) is 5.56. The molecule has 7 nitrogen and oxygen atoms in total. The Morgan fingerprint density at radius 2 is 1.23 bits per heavy atom. The minimum atomic E-state index is -0.953. The highest BCUT2D eigenvalue weighted by atomic mass is 16.6. The van der Waals surface area contributed by atoms with E-state index in [0.717, 1.165) is 5.57 Å². The molecule has 0 unspecified atom stereocenters. The molecule has 7 heteroatoms. The third-order valence-electron chi connectivity index (χ3n) is 11.6. The first-order valence-electron chi connectivity index (χ1n) is 17.2. The van der Waals surface area contributed by atoms with Crippen LogP contribution in [0.3, 0.4) is 0 Å². The van der Waals surface area contributed by atoms with Crippen molar-refractivity contribution in [2.24, 2.45) is 35.0 Å². The number of hydrogen-bond acceptors (Lipinski definition) is 7. The summed E-state index contributed by atoms with van der Waals surface area (Å²) in [5, 5.41) is 0. The quantitative estimate of drug-likeness (QED) is 0.154. The van der Waals surface area contributed by atoms with Crippen LogP contribution in [0.5, 0.6) is 0 Å². The van der Waals surface area contributed by atoms with Gasteiger partial charge in [0.2, 0.25) is 0 Å². The minimum absolute atomic E-state index is 0.0840. The van der Waals surface area contributed by atoms with E-state index in [9.17, 15) is 14.4 Å². The molecule has 0 amide bonds. The Hall–Kier alpha value is -4.23. The molecule has 250 valence electrons. The molecule has 10 atom stereocenters. The highest BCUT2D eigenvalue weighted by Gasteiger charge is 2.72. The van der Waals surface area contributed by atoms with Crippen molar-refractivity contribution in [3.8, 4) is 0 Å². The summed E-state index contributed by atoms with van der Waals surface area (Å²) in [4.78, 5) is 40.7. The second kappa shape index (κ2) is 12.3. The number of ether oxygens (including phenoxy) is 4. The smallest absolute Gasteiger partial charge is 0.338 e. The van der Waals surface area contributed by atoms with E-state index in [4.69, 9.17) is 18.9 Å². The van der Waals surface area contributed by atoms with Crippen molar-refractivity contribution in [3.05, 3.63) is 119 Å². The molecule has 3 aromatic rings. The van der Waals surface area contributed by atoms with Crippen LogP contribution in [0, 0.1) is 35.0 Å². The van der Waals surface area contributed by atoms with Gasteiger partial charge in [0.05, 0.1) is 22.8 Å². The van der Waals surface area contributed by atoms with E-state index in [1.807, 2.05) is 61.5 Å². The van der Waals surface area contributed by atoms with E-state index < -0.39 is 41.8 Å². The maximum absolute atomic E-state index is 13.7. The van der Waals surface area contributed by atoms with Crippen LogP contribution in [0.25, 0.3) is 0 Å². The fourth-order valence-electron chi connectivity index (χ4n) is 9.03. The molecular formula is C41H44O7. The van der Waals surface area contributed by atoms with Crippen molar-refractivity contribution in [2.45, 2.75) is 77.5 Å². The first kappa shape index (κ1) is 32.3. The molecule has 0 radical (unpaired) electrons. The van der Waals surface area contributed by atoms with Gasteiger partial charge in [-0.05, 0) is 84.9 Å². The Labute approximate surface area is 282 Å². The van der Waals surface area contributed by atoms with E-state index in [0.29, 0.717) is 29.5 Å². The van der Waals surface area contributed by atoms with Crippen LogP contribution in [0.2, 0.25) is 0 Å². The molecule has 2 heterocycles. The van der Waals surface area contributed by atoms with Crippen molar-refractivity contribution in [1.82, 2.24) is 0 Å². The predicted octanol–water partition coefficient (Wildman–Crippen LogP) is 7.72. The zero-order valence-electron chi connectivity index (χ0n) is 28.2. The lowest BCUT2D eigenvalue weighted by molar-refractivity contribution is -0.117. The molecule has 4 aliphatic rings. The topological polar surface area (TPSA) is 88.1 Å². The number of carbonyl (C=O) groups is 3. The largest absolute Gasteiger partial charge is 0.458 e. The summed E-state index contributed by atoms with van der Waals surface area (Å²) in [6.45, 7) is 10.7. The highest BCUT2D eigenvalue weighted by molar-refractivity contribution is 5.90. The zero-order valence-corrected chi connectivity index (χ0v) is 28.2. The molecular weight excluding hydrogens is 604 g/mol. The van der Waals surface area contributed by atoms with Crippen LogP contribution in [0.4, 0.5) is 0 Å². The van der Waals surface area contributed by atoms with Gasteiger partial charge < -0.3 is 18.9 Å². The van der Waals surface area contributed by atoms with Crippen molar-refractivity contribution in [1.29, 1.82) is 0 Å². The Morgan fingerprint density at radius 3 is 1.77 bits per heavy atom. The Kier molecular flexibility index (Phi) is 8.31. The Balaban J connectivity index is 1.31. The molecule has 7 rings (SSSR count). The summed E-state index contributed by atoms with van der Waals surface area (Å²) in [7, 11) is 0. The van der Waals surface area contributed by atoms with E-state index in [-0.39, 0.29) is 41.2 Å². The molecule has 48 heavy (non-hydrogen) atoms. The van der Waals surface area contributed by atoms with Gasteiger partial charge in [0.15, 0.2) is 0 Å². The number of fused-ring (bicyclic) bond motifs is 3. The first-order chi connectivity index (χ1) is 23.0. The summed E-state index contributed by atoms with van der Waals surface area (Å²) in [5.74, 6) is -1.48. The molecule has 3 aromatic carbocycles. The fourth-order valence-corrected chi connectivity index (χ4v) is 9.03. The molecule has 0 aromatic heterocycles. The zero-order chi connectivity index (χ0) is 33.8. The van der Waals surface area contributed by atoms with Crippen molar-refractivity contribution >= 4 is 17.9 Å². The van der Waals surface area contributed by atoms with Gasteiger partial charge in [-0.2, -0.15) is 0 Å². The van der Waals surface area contributed by atoms with Crippen LogP contribution >= 0.6 is 0 Å². The van der Waals surface area contributed by atoms with Gasteiger partial charge in [0.1, 0.15) is 23.9 Å². The summed E-state index contributed by atoms with van der Waals surface area (Å²) in [5.41, 5.74) is 1.28. The van der Waals surface area contributed by atoms with E-state index in [1.165, 1.54) is 0 Å². The summed E-state index contributed by atoms with van der Waals surface area (Å²) >= 11 is 0. The van der Waals surface area contributed by atoms with Crippen LogP contribution in [0.15, 0.2) is 103 Å². The normalized spacial score (nSPS) is 35.6. The summed E-state index contributed by atoms with van der Waals surface area (Å²) in [6.07, 6.45) is 1.43. The maximum Gasteiger partial charge on any atom is 0.338 e. The molecule has 3 fully saturated rings. The molecule has 2 saturated carbocycles. The number of esters is 3. The predicted molar refractivity (Wildman–Crippen MR) is 180 cm³/mol. The van der Waals surface area contributed by atoms with E-state index in [1.54, 1.807) is 36.4 Å². The summed E-state index contributed by atoms with van der Waals surface area (Å²) < 4.78 is 26.5. The van der Waals surface area contributed by atoms with Crippen molar-refractivity contribution in [3.63, 3.8) is 0 Å². The van der Waals surface area contributed by atoms with Gasteiger partial charge in [-0.15, -0.1) is 0 Å². The highest BCUT2D eigenvalue weighted by Crippen LogP contribution is 2.68. The minimum Gasteiger partial charge on any atom is -0.458 e. The van der Waals surface area contributed by atoms with Gasteiger partial charge in [-0.3, -0.25) is 0 Å².